The lowest BCUT2D eigenvalue weighted by Crippen LogP contribution is -2.07. The van der Waals surface area contributed by atoms with E-state index in [0.29, 0.717) is 13.2 Å². The van der Waals surface area contributed by atoms with Gasteiger partial charge in [0, 0.05) is 43.2 Å². The number of nitrogens with zero attached hydrogens (tertiary/aromatic N) is 6. The summed E-state index contributed by atoms with van der Waals surface area (Å²) < 4.78 is 9.35. The van der Waals surface area contributed by atoms with Crippen LogP contribution in [0.4, 0.5) is 0 Å². The molecule has 7 nitrogen and oxygen atoms in total. The predicted octanol–water partition coefficient (Wildman–Crippen LogP) is 2.93. The normalized spacial score (nSPS) is 11.3. The number of rotatable bonds is 7. The van der Waals surface area contributed by atoms with Crippen LogP contribution in [0.25, 0.3) is 17.0 Å². The molecule has 0 aromatic carbocycles. The van der Waals surface area contributed by atoms with Gasteiger partial charge < -0.3 is 9.14 Å². The Labute approximate surface area is 155 Å². The molecule has 0 aliphatic rings. The van der Waals surface area contributed by atoms with E-state index in [-0.39, 0.29) is 0 Å². The summed E-state index contributed by atoms with van der Waals surface area (Å²) in [7, 11) is 1.69. The van der Waals surface area contributed by atoms with Gasteiger partial charge in [-0.15, -0.1) is 10.2 Å². The number of pyridine rings is 2. The minimum Gasteiger partial charge on any atom is -0.383 e. The van der Waals surface area contributed by atoms with Gasteiger partial charge in [0.15, 0.2) is 11.0 Å². The van der Waals surface area contributed by atoms with Gasteiger partial charge in [0.25, 0.3) is 0 Å². The van der Waals surface area contributed by atoms with Crippen LogP contribution in [-0.2, 0) is 17.0 Å². The van der Waals surface area contributed by atoms with Crippen molar-refractivity contribution in [2.45, 2.75) is 17.5 Å². The lowest BCUT2D eigenvalue weighted by Gasteiger charge is -2.09. The highest BCUT2D eigenvalue weighted by Crippen LogP contribution is 2.26. The van der Waals surface area contributed by atoms with E-state index in [2.05, 4.69) is 24.7 Å². The second-order valence-electron chi connectivity index (χ2n) is 5.67. The van der Waals surface area contributed by atoms with Crippen LogP contribution in [0, 0.1) is 0 Å². The number of thioether (sulfide) groups is 1. The van der Waals surface area contributed by atoms with Crippen LogP contribution < -0.4 is 0 Å². The molecule has 0 saturated heterocycles. The van der Waals surface area contributed by atoms with Crippen LogP contribution in [0.15, 0.2) is 60.3 Å². The minimum atomic E-state index is 0.595. The number of imidazole rings is 1. The molecule has 0 bridgehead atoms. The van der Waals surface area contributed by atoms with Gasteiger partial charge in [0.05, 0.1) is 18.8 Å². The van der Waals surface area contributed by atoms with Crippen molar-refractivity contribution in [2.75, 3.05) is 13.7 Å². The molecule has 0 spiro atoms. The highest BCUT2D eigenvalue weighted by Gasteiger charge is 2.15. The predicted molar refractivity (Wildman–Crippen MR) is 99.9 cm³/mol. The maximum absolute atomic E-state index is 5.25. The third-order valence-corrected chi connectivity index (χ3v) is 4.94. The van der Waals surface area contributed by atoms with Crippen LogP contribution in [0.2, 0.25) is 0 Å². The monoisotopic (exact) mass is 366 g/mol. The fourth-order valence-electron chi connectivity index (χ4n) is 2.69. The molecule has 0 aliphatic heterocycles. The van der Waals surface area contributed by atoms with Gasteiger partial charge in [-0.2, -0.15) is 0 Å². The molecule has 4 heterocycles. The summed E-state index contributed by atoms with van der Waals surface area (Å²) >= 11 is 1.62. The SMILES string of the molecule is COCCn1c(SCc2cn3ccccc3n2)nnc1-c1ccncc1. The zero-order valence-corrected chi connectivity index (χ0v) is 15.1. The average Bonchev–Trinajstić information content (AvgIpc) is 3.28. The third kappa shape index (κ3) is 3.47. The molecular formula is C18H18N6OS. The second kappa shape index (κ2) is 7.67. The van der Waals surface area contributed by atoms with Gasteiger partial charge in [-0.1, -0.05) is 17.8 Å². The first-order chi connectivity index (χ1) is 12.8. The van der Waals surface area contributed by atoms with Crippen molar-refractivity contribution < 1.29 is 4.74 Å². The molecule has 4 rings (SSSR count). The highest BCUT2D eigenvalue weighted by atomic mass is 32.2. The van der Waals surface area contributed by atoms with Gasteiger partial charge in [-0.05, 0) is 24.3 Å². The molecule has 4 aromatic heterocycles. The average molecular weight is 366 g/mol. The van der Waals surface area contributed by atoms with Gasteiger partial charge in [0.1, 0.15) is 5.65 Å². The molecule has 4 aromatic rings. The summed E-state index contributed by atoms with van der Waals surface area (Å²) in [5.41, 5.74) is 2.94. The molecule has 0 radical (unpaired) electrons. The maximum atomic E-state index is 5.25. The van der Waals surface area contributed by atoms with E-state index in [1.807, 2.05) is 47.1 Å². The van der Waals surface area contributed by atoms with E-state index in [1.165, 1.54) is 0 Å². The molecule has 0 amide bonds. The number of aromatic nitrogens is 6. The van der Waals surface area contributed by atoms with Gasteiger partial charge in [-0.3, -0.25) is 9.55 Å². The smallest absolute Gasteiger partial charge is 0.191 e. The number of fused-ring (bicyclic) bond motifs is 1. The van der Waals surface area contributed by atoms with Gasteiger partial charge in [-0.25, -0.2) is 4.98 Å². The zero-order chi connectivity index (χ0) is 17.8. The standard InChI is InChI=1S/C18H18N6OS/c1-25-11-10-24-17(14-5-7-19-8-6-14)21-22-18(24)26-13-15-12-23-9-3-2-4-16(23)20-15/h2-9,12H,10-11,13H2,1H3. The fourth-order valence-corrected chi connectivity index (χ4v) is 3.54. The van der Waals surface area contributed by atoms with Crippen LogP contribution in [0.5, 0.6) is 0 Å². The summed E-state index contributed by atoms with van der Waals surface area (Å²) in [5.74, 6) is 1.55. The lowest BCUT2D eigenvalue weighted by molar-refractivity contribution is 0.185. The quantitative estimate of drug-likeness (QED) is 0.469. The first-order valence-corrected chi connectivity index (χ1v) is 9.21. The topological polar surface area (TPSA) is 70.1 Å². The maximum Gasteiger partial charge on any atom is 0.191 e. The molecule has 0 fully saturated rings. The minimum absolute atomic E-state index is 0.595. The largest absolute Gasteiger partial charge is 0.383 e. The lowest BCUT2D eigenvalue weighted by atomic mass is 10.2. The second-order valence-corrected chi connectivity index (χ2v) is 6.62. The molecule has 0 saturated carbocycles. The zero-order valence-electron chi connectivity index (χ0n) is 14.3. The number of methoxy groups -OCH3 is 1. The van der Waals surface area contributed by atoms with Crippen molar-refractivity contribution in [1.82, 2.24) is 29.1 Å². The fraction of sp³-hybridized carbons (Fsp3) is 0.222. The molecule has 132 valence electrons. The summed E-state index contributed by atoms with van der Waals surface area (Å²) in [6.45, 7) is 1.28. The summed E-state index contributed by atoms with van der Waals surface area (Å²) in [4.78, 5) is 8.70. The molecule has 0 aliphatic carbocycles. The number of hydrogen-bond donors (Lipinski definition) is 0. The van der Waals surface area contributed by atoms with Crippen LogP contribution in [0.3, 0.4) is 0 Å². The van der Waals surface area contributed by atoms with Crippen molar-refractivity contribution in [3.8, 4) is 11.4 Å². The first kappa shape index (κ1) is 16.7. The Morgan fingerprint density at radius 3 is 2.81 bits per heavy atom. The molecule has 0 N–H and O–H groups in total. The van der Waals surface area contributed by atoms with E-state index in [1.54, 1.807) is 31.3 Å². The Bertz CT molecular complexity index is 964. The highest BCUT2D eigenvalue weighted by molar-refractivity contribution is 7.98. The van der Waals surface area contributed by atoms with Gasteiger partial charge >= 0.3 is 0 Å². The Morgan fingerprint density at radius 1 is 1.12 bits per heavy atom. The van der Waals surface area contributed by atoms with Crippen LogP contribution in [0.1, 0.15) is 5.69 Å². The molecule has 8 heteroatoms. The number of ether oxygens (including phenoxy) is 1. The Kier molecular flexibility index (Phi) is 4.94. The summed E-state index contributed by atoms with van der Waals surface area (Å²) in [6, 6.07) is 9.85. The van der Waals surface area contributed by atoms with Crippen molar-refractivity contribution in [1.29, 1.82) is 0 Å². The Hall–Kier alpha value is -2.71. The van der Waals surface area contributed by atoms with Crippen LogP contribution >= 0.6 is 11.8 Å². The van der Waals surface area contributed by atoms with E-state index >= 15 is 0 Å². The Morgan fingerprint density at radius 2 is 2.00 bits per heavy atom. The van der Waals surface area contributed by atoms with E-state index in [4.69, 9.17) is 4.74 Å². The summed E-state index contributed by atoms with van der Waals surface area (Å²) in [5, 5.41) is 9.61. The molecule has 26 heavy (non-hydrogen) atoms. The molecular weight excluding hydrogens is 348 g/mol. The third-order valence-electron chi connectivity index (χ3n) is 3.94. The van der Waals surface area contributed by atoms with Crippen LogP contribution in [-0.4, -0.2) is 42.8 Å². The summed E-state index contributed by atoms with van der Waals surface area (Å²) in [6.07, 6.45) is 7.56. The number of hydrogen-bond acceptors (Lipinski definition) is 6. The molecule has 0 unspecified atom stereocenters. The van der Waals surface area contributed by atoms with Gasteiger partial charge in [0.2, 0.25) is 0 Å². The van der Waals surface area contributed by atoms with E-state index in [9.17, 15) is 0 Å². The van der Waals surface area contributed by atoms with Crippen molar-refractivity contribution >= 4 is 17.4 Å². The van der Waals surface area contributed by atoms with Crippen molar-refractivity contribution in [2.24, 2.45) is 0 Å². The van der Waals surface area contributed by atoms with Crippen molar-refractivity contribution in [3.05, 3.63) is 60.8 Å². The first-order valence-electron chi connectivity index (χ1n) is 8.23. The molecule has 0 atom stereocenters. The Balaban J connectivity index is 1.58. The van der Waals surface area contributed by atoms with E-state index in [0.717, 1.165) is 33.6 Å². The van der Waals surface area contributed by atoms with E-state index < -0.39 is 0 Å². The van der Waals surface area contributed by atoms with Crippen molar-refractivity contribution in [3.63, 3.8) is 0 Å².